The van der Waals surface area contributed by atoms with Crippen LogP contribution in [0.1, 0.15) is 47.7 Å². The van der Waals surface area contributed by atoms with E-state index in [0.29, 0.717) is 22.9 Å². The van der Waals surface area contributed by atoms with Crippen LogP contribution in [0, 0.1) is 0 Å². The maximum atomic E-state index is 13.3. The Labute approximate surface area is 255 Å². The van der Waals surface area contributed by atoms with Crippen LogP contribution >= 0.6 is 11.8 Å². The van der Waals surface area contributed by atoms with Crippen LogP contribution in [0.5, 0.6) is 0 Å². The van der Waals surface area contributed by atoms with E-state index in [1.54, 1.807) is 54.6 Å². The molecule has 8 heteroatoms. The van der Waals surface area contributed by atoms with Gasteiger partial charge in [0.2, 0.25) is 11.8 Å². The minimum Gasteiger partial charge on any atom is -0.321 e. The number of benzene rings is 4. The molecule has 4 aromatic rings. The largest absolute Gasteiger partial charge is 0.321 e. The average molecular weight is 590 g/mol. The molecule has 4 aromatic carbocycles. The number of anilines is 2. The Bertz CT molecular complexity index is 1650. The average Bonchev–Trinajstić information content (AvgIpc) is 3.30. The van der Waals surface area contributed by atoms with Gasteiger partial charge in [-0.1, -0.05) is 74.5 Å². The van der Waals surface area contributed by atoms with Crippen molar-refractivity contribution in [3.63, 3.8) is 0 Å². The molecule has 0 saturated carbocycles. The normalized spacial score (nSPS) is 15.1. The second kappa shape index (κ2) is 13.4. The summed E-state index contributed by atoms with van der Waals surface area (Å²) < 4.78 is 0. The summed E-state index contributed by atoms with van der Waals surface area (Å²) in [6.45, 7) is 4.18. The van der Waals surface area contributed by atoms with Crippen LogP contribution in [0.2, 0.25) is 0 Å². The highest BCUT2D eigenvalue weighted by molar-refractivity contribution is 8.00. The minimum absolute atomic E-state index is 0.0927. The van der Waals surface area contributed by atoms with E-state index in [1.165, 1.54) is 16.7 Å². The number of hydrogen-bond donors (Lipinski definition) is 2. The SMILES string of the molecule is CC(C)c1ccc(N2C(=O)CC(Sc3ccc(NC(=O)/C(=C/c4ccccc4)NC(=O)c4ccccc4)cc3)C2=O)cc1. The van der Waals surface area contributed by atoms with Crippen LogP contribution in [0.3, 0.4) is 0 Å². The number of amides is 4. The van der Waals surface area contributed by atoms with Gasteiger partial charge in [0.1, 0.15) is 5.70 Å². The molecule has 0 bridgehead atoms. The Kier molecular flexibility index (Phi) is 9.17. The van der Waals surface area contributed by atoms with Crippen molar-refractivity contribution in [2.45, 2.75) is 36.3 Å². The van der Waals surface area contributed by atoms with Crippen LogP contribution in [0.15, 0.2) is 120 Å². The fraction of sp³-hybridized carbons (Fsp3) is 0.143. The van der Waals surface area contributed by atoms with Gasteiger partial charge in [-0.25, -0.2) is 4.90 Å². The number of rotatable bonds is 9. The molecule has 43 heavy (non-hydrogen) atoms. The maximum Gasteiger partial charge on any atom is 0.272 e. The Morgan fingerprint density at radius 1 is 0.837 bits per heavy atom. The molecule has 0 radical (unpaired) electrons. The first kappa shape index (κ1) is 29.5. The second-order valence-corrected chi connectivity index (χ2v) is 11.7. The first-order chi connectivity index (χ1) is 20.8. The van der Waals surface area contributed by atoms with Gasteiger partial charge in [-0.3, -0.25) is 19.2 Å². The molecule has 1 aliphatic heterocycles. The van der Waals surface area contributed by atoms with Gasteiger partial charge in [0.15, 0.2) is 0 Å². The highest BCUT2D eigenvalue weighted by Crippen LogP contribution is 2.35. The lowest BCUT2D eigenvalue weighted by atomic mass is 10.0. The summed E-state index contributed by atoms with van der Waals surface area (Å²) in [6, 6.07) is 32.5. The van der Waals surface area contributed by atoms with Gasteiger partial charge in [-0.05, 0) is 71.7 Å². The molecular formula is C35H31N3O4S. The molecule has 1 unspecified atom stereocenters. The molecule has 1 saturated heterocycles. The molecular weight excluding hydrogens is 558 g/mol. The highest BCUT2D eigenvalue weighted by atomic mass is 32.2. The maximum absolute atomic E-state index is 13.3. The topological polar surface area (TPSA) is 95.6 Å². The standard InChI is InChI=1S/C35H31N3O4S/c1-23(2)25-13-17-28(18-14-25)38-32(39)22-31(35(38)42)43-29-19-15-27(16-20-29)36-34(41)30(21-24-9-5-3-6-10-24)37-33(40)26-11-7-4-8-12-26/h3-21,23,31H,22H2,1-2H3,(H,36,41)(H,37,40)/b30-21-. The Balaban J connectivity index is 1.25. The van der Waals surface area contributed by atoms with Crippen LogP contribution in [-0.4, -0.2) is 28.9 Å². The second-order valence-electron chi connectivity index (χ2n) is 10.4. The predicted octanol–water partition coefficient (Wildman–Crippen LogP) is 6.64. The van der Waals surface area contributed by atoms with Crippen LogP contribution in [0.4, 0.5) is 11.4 Å². The van der Waals surface area contributed by atoms with Gasteiger partial charge >= 0.3 is 0 Å². The lowest BCUT2D eigenvalue weighted by Crippen LogP contribution is -2.31. The van der Waals surface area contributed by atoms with Crippen molar-refractivity contribution in [2.75, 3.05) is 10.2 Å². The molecule has 1 fully saturated rings. The van der Waals surface area contributed by atoms with Crippen molar-refractivity contribution in [1.82, 2.24) is 5.32 Å². The van der Waals surface area contributed by atoms with Gasteiger partial charge in [0.25, 0.3) is 11.8 Å². The van der Waals surface area contributed by atoms with E-state index in [1.807, 2.05) is 60.7 Å². The Morgan fingerprint density at radius 3 is 2.09 bits per heavy atom. The van der Waals surface area contributed by atoms with Crippen molar-refractivity contribution in [3.05, 3.63) is 132 Å². The number of nitrogens with zero attached hydrogens (tertiary/aromatic N) is 1. The zero-order chi connectivity index (χ0) is 30.3. The summed E-state index contributed by atoms with van der Waals surface area (Å²) in [5.41, 5.74) is 3.52. The molecule has 0 aromatic heterocycles. The number of thioether (sulfide) groups is 1. The van der Waals surface area contributed by atoms with Crippen molar-refractivity contribution >= 4 is 52.8 Å². The first-order valence-electron chi connectivity index (χ1n) is 14.0. The van der Waals surface area contributed by atoms with Crippen molar-refractivity contribution in [2.24, 2.45) is 0 Å². The van der Waals surface area contributed by atoms with Crippen LogP contribution < -0.4 is 15.5 Å². The summed E-state index contributed by atoms with van der Waals surface area (Å²) in [5.74, 6) is -0.988. The van der Waals surface area contributed by atoms with Crippen molar-refractivity contribution < 1.29 is 19.2 Å². The summed E-state index contributed by atoms with van der Waals surface area (Å²) >= 11 is 1.32. The zero-order valence-corrected chi connectivity index (χ0v) is 24.6. The summed E-state index contributed by atoms with van der Waals surface area (Å²) in [4.78, 5) is 54.1. The third kappa shape index (κ3) is 7.28. The molecule has 216 valence electrons. The third-order valence-corrected chi connectivity index (χ3v) is 8.15. The Hall–Kier alpha value is -4.95. The fourth-order valence-electron chi connectivity index (χ4n) is 4.61. The molecule has 4 amide bonds. The van der Waals surface area contributed by atoms with Crippen molar-refractivity contribution in [1.29, 1.82) is 0 Å². The zero-order valence-electron chi connectivity index (χ0n) is 23.8. The van der Waals surface area contributed by atoms with Crippen molar-refractivity contribution in [3.8, 4) is 0 Å². The minimum atomic E-state index is -0.536. The number of nitrogens with one attached hydrogen (secondary N) is 2. The van der Waals surface area contributed by atoms with Crippen LogP contribution in [0.25, 0.3) is 6.08 Å². The lowest BCUT2D eigenvalue weighted by molar-refractivity contribution is -0.121. The van der Waals surface area contributed by atoms with Crippen LogP contribution in [-0.2, 0) is 14.4 Å². The molecule has 5 rings (SSSR count). The van der Waals surface area contributed by atoms with E-state index in [9.17, 15) is 19.2 Å². The van der Waals surface area contributed by atoms with E-state index in [0.717, 1.165) is 16.0 Å². The molecule has 1 aliphatic rings. The molecule has 0 aliphatic carbocycles. The first-order valence-corrected chi connectivity index (χ1v) is 14.8. The smallest absolute Gasteiger partial charge is 0.272 e. The molecule has 7 nitrogen and oxygen atoms in total. The fourth-order valence-corrected chi connectivity index (χ4v) is 5.67. The monoisotopic (exact) mass is 589 g/mol. The molecule has 1 heterocycles. The van der Waals surface area contributed by atoms with Gasteiger partial charge in [0, 0.05) is 22.6 Å². The number of hydrogen-bond acceptors (Lipinski definition) is 5. The molecule has 0 spiro atoms. The van der Waals surface area contributed by atoms with E-state index in [2.05, 4.69) is 24.5 Å². The summed E-state index contributed by atoms with van der Waals surface area (Å²) in [7, 11) is 0. The quantitative estimate of drug-likeness (QED) is 0.169. The number of carbonyl (C=O) groups is 4. The van der Waals surface area contributed by atoms with Gasteiger partial charge < -0.3 is 10.6 Å². The van der Waals surface area contributed by atoms with E-state index >= 15 is 0 Å². The molecule has 1 atom stereocenters. The summed E-state index contributed by atoms with van der Waals surface area (Å²) in [5, 5.41) is 5.03. The molecule has 2 N–H and O–H groups in total. The van der Waals surface area contributed by atoms with Gasteiger partial charge in [-0.15, -0.1) is 11.8 Å². The van der Waals surface area contributed by atoms with E-state index in [4.69, 9.17) is 0 Å². The van der Waals surface area contributed by atoms with Gasteiger partial charge in [0.05, 0.1) is 10.9 Å². The number of imide groups is 1. The van der Waals surface area contributed by atoms with E-state index in [-0.39, 0.29) is 23.9 Å². The lowest BCUT2D eigenvalue weighted by Gasteiger charge is -2.16. The highest BCUT2D eigenvalue weighted by Gasteiger charge is 2.40. The third-order valence-electron chi connectivity index (χ3n) is 6.95. The predicted molar refractivity (Wildman–Crippen MR) is 171 cm³/mol. The number of carbonyl (C=O) groups excluding carboxylic acids is 4. The Morgan fingerprint density at radius 2 is 1.47 bits per heavy atom. The van der Waals surface area contributed by atoms with E-state index < -0.39 is 17.1 Å². The van der Waals surface area contributed by atoms with Gasteiger partial charge in [-0.2, -0.15) is 0 Å². The summed E-state index contributed by atoms with van der Waals surface area (Å²) in [6.07, 6.45) is 1.73.